The fourth-order valence-corrected chi connectivity index (χ4v) is 4.40. The Bertz CT molecular complexity index is 1020. The topological polar surface area (TPSA) is 79.3 Å². The Morgan fingerprint density at radius 1 is 1.03 bits per heavy atom. The second-order valence-corrected chi connectivity index (χ2v) is 8.44. The summed E-state index contributed by atoms with van der Waals surface area (Å²) in [4.78, 5) is 30.1. The number of rotatable bonds is 7. The molecule has 0 saturated carbocycles. The van der Waals surface area contributed by atoms with Gasteiger partial charge in [0.05, 0.1) is 31.9 Å². The summed E-state index contributed by atoms with van der Waals surface area (Å²) in [7, 11) is 1.56. The molecule has 4 rings (SSSR count). The molecule has 7 nitrogen and oxygen atoms in total. The van der Waals surface area contributed by atoms with E-state index < -0.39 is 17.7 Å². The molecule has 2 saturated heterocycles. The number of carbonyl (C=O) groups excluding carboxylic acids is 2. The van der Waals surface area contributed by atoms with Crippen molar-refractivity contribution in [1.82, 2.24) is 9.80 Å². The lowest BCUT2D eigenvalue weighted by Crippen LogP contribution is -2.38. The number of Topliss-reactive ketones (excluding diaryl/α,β-unsaturated/α-hetero) is 1. The van der Waals surface area contributed by atoms with Crippen molar-refractivity contribution in [3.05, 3.63) is 70.8 Å². The van der Waals surface area contributed by atoms with Gasteiger partial charge in [0.25, 0.3) is 11.7 Å². The first-order valence-electron chi connectivity index (χ1n) is 11.3. The van der Waals surface area contributed by atoms with Gasteiger partial charge in [-0.05, 0) is 43.2 Å². The number of hydrogen-bond donors (Lipinski definition) is 1. The van der Waals surface area contributed by atoms with E-state index in [4.69, 9.17) is 9.47 Å². The lowest BCUT2D eigenvalue weighted by molar-refractivity contribution is -0.140. The maximum atomic E-state index is 13.1. The van der Waals surface area contributed by atoms with Crippen molar-refractivity contribution in [2.24, 2.45) is 0 Å². The van der Waals surface area contributed by atoms with Crippen LogP contribution in [0.2, 0.25) is 0 Å². The molecule has 1 atom stereocenters. The van der Waals surface area contributed by atoms with E-state index >= 15 is 0 Å². The molecule has 2 aliphatic heterocycles. The Balaban J connectivity index is 1.65. The number of aliphatic hydroxyl groups excluding tert-OH is 1. The number of aliphatic hydroxyl groups is 1. The molecule has 0 aliphatic carbocycles. The van der Waals surface area contributed by atoms with Gasteiger partial charge in [0, 0.05) is 31.7 Å². The molecule has 0 spiro atoms. The third-order valence-electron chi connectivity index (χ3n) is 6.27. The zero-order valence-corrected chi connectivity index (χ0v) is 19.1. The van der Waals surface area contributed by atoms with E-state index in [1.54, 1.807) is 36.3 Å². The van der Waals surface area contributed by atoms with Gasteiger partial charge in [0.2, 0.25) is 0 Å². The Morgan fingerprint density at radius 3 is 2.33 bits per heavy atom. The van der Waals surface area contributed by atoms with Gasteiger partial charge in [0.1, 0.15) is 11.5 Å². The molecule has 2 aliphatic rings. The van der Waals surface area contributed by atoms with Crippen LogP contribution >= 0.6 is 0 Å². The maximum absolute atomic E-state index is 13.1. The maximum Gasteiger partial charge on any atom is 0.295 e. The molecule has 0 bridgehead atoms. The molecule has 0 aromatic heterocycles. The van der Waals surface area contributed by atoms with Gasteiger partial charge >= 0.3 is 0 Å². The predicted molar refractivity (Wildman–Crippen MR) is 125 cm³/mol. The van der Waals surface area contributed by atoms with E-state index in [-0.39, 0.29) is 11.3 Å². The van der Waals surface area contributed by atoms with Crippen LogP contribution in [0.15, 0.2) is 54.1 Å². The molecule has 2 heterocycles. The van der Waals surface area contributed by atoms with Crippen molar-refractivity contribution in [2.75, 3.05) is 46.5 Å². The van der Waals surface area contributed by atoms with Crippen molar-refractivity contribution in [1.29, 1.82) is 0 Å². The highest BCUT2D eigenvalue weighted by Crippen LogP contribution is 2.39. The highest BCUT2D eigenvalue weighted by atomic mass is 16.5. The number of amides is 1. The quantitative estimate of drug-likeness (QED) is 0.397. The Labute approximate surface area is 194 Å². The molecule has 33 heavy (non-hydrogen) atoms. The van der Waals surface area contributed by atoms with Gasteiger partial charge in [-0.15, -0.1) is 0 Å². The Morgan fingerprint density at radius 2 is 1.70 bits per heavy atom. The number of likely N-dealkylation sites (tertiary alicyclic amines) is 1. The minimum absolute atomic E-state index is 0.125. The minimum atomic E-state index is -0.653. The van der Waals surface area contributed by atoms with Crippen molar-refractivity contribution in [2.45, 2.75) is 19.4 Å². The van der Waals surface area contributed by atoms with Crippen LogP contribution in [0.5, 0.6) is 5.75 Å². The molecule has 2 aromatic rings. The first-order valence-corrected chi connectivity index (χ1v) is 11.3. The lowest BCUT2D eigenvalue weighted by Gasteiger charge is -2.29. The summed E-state index contributed by atoms with van der Waals surface area (Å²) in [5, 5.41) is 11.1. The van der Waals surface area contributed by atoms with Gasteiger partial charge in [-0.3, -0.25) is 14.5 Å². The summed E-state index contributed by atoms with van der Waals surface area (Å²) >= 11 is 0. The van der Waals surface area contributed by atoms with Crippen LogP contribution in [0.4, 0.5) is 0 Å². The molecule has 1 N–H and O–H groups in total. The van der Waals surface area contributed by atoms with Crippen molar-refractivity contribution < 1.29 is 24.2 Å². The summed E-state index contributed by atoms with van der Waals surface area (Å²) in [5.41, 5.74) is 2.49. The fourth-order valence-electron chi connectivity index (χ4n) is 4.40. The van der Waals surface area contributed by atoms with Crippen LogP contribution in [0.25, 0.3) is 5.76 Å². The normalized spacial score (nSPS) is 20.9. The van der Waals surface area contributed by atoms with Crippen LogP contribution in [-0.4, -0.2) is 73.1 Å². The summed E-state index contributed by atoms with van der Waals surface area (Å²) in [5.74, 6) is -0.750. The molecule has 0 unspecified atom stereocenters. The molecule has 7 heteroatoms. The number of carbonyl (C=O) groups is 2. The van der Waals surface area contributed by atoms with E-state index in [0.29, 0.717) is 17.9 Å². The summed E-state index contributed by atoms with van der Waals surface area (Å²) in [6.45, 7) is 6.42. The smallest absolute Gasteiger partial charge is 0.295 e. The number of ether oxygens (including phenoxy) is 2. The van der Waals surface area contributed by atoms with Gasteiger partial charge < -0.3 is 19.5 Å². The van der Waals surface area contributed by atoms with Crippen LogP contribution in [0.1, 0.15) is 29.2 Å². The Hall–Kier alpha value is -3.16. The summed E-state index contributed by atoms with van der Waals surface area (Å²) < 4.78 is 10.6. The van der Waals surface area contributed by atoms with E-state index in [1.165, 1.54) is 0 Å². The first kappa shape index (κ1) is 23.0. The third kappa shape index (κ3) is 4.94. The zero-order valence-electron chi connectivity index (χ0n) is 19.1. The van der Waals surface area contributed by atoms with Gasteiger partial charge in [0.15, 0.2) is 0 Å². The van der Waals surface area contributed by atoms with Gasteiger partial charge in [-0.2, -0.15) is 0 Å². The molecule has 2 fully saturated rings. The highest BCUT2D eigenvalue weighted by Gasteiger charge is 2.45. The third-order valence-corrected chi connectivity index (χ3v) is 6.27. The van der Waals surface area contributed by atoms with Crippen molar-refractivity contribution in [3.8, 4) is 5.75 Å². The molecule has 0 radical (unpaired) electrons. The highest BCUT2D eigenvalue weighted by molar-refractivity contribution is 6.46. The van der Waals surface area contributed by atoms with E-state index in [0.717, 1.165) is 50.4 Å². The van der Waals surface area contributed by atoms with Crippen LogP contribution in [0.3, 0.4) is 0 Å². The average molecular weight is 451 g/mol. The molecule has 174 valence electrons. The SMILES string of the molecule is COc1ccc(/C(O)=C2\C(=O)C(=O)N(CCCN3CCOCC3)[C@@H]2c2ccc(C)cc2)cc1. The predicted octanol–water partition coefficient (Wildman–Crippen LogP) is 3.15. The summed E-state index contributed by atoms with van der Waals surface area (Å²) in [6.07, 6.45) is 0.734. The van der Waals surface area contributed by atoms with Crippen molar-refractivity contribution >= 4 is 17.4 Å². The second-order valence-electron chi connectivity index (χ2n) is 8.44. The monoisotopic (exact) mass is 450 g/mol. The number of nitrogens with zero attached hydrogens (tertiary/aromatic N) is 2. The average Bonchev–Trinajstić information content (AvgIpc) is 3.10. The molecule has 1 amide bonds. The van der Waals surface area contributed by atoms with Gasteiger partial charge in [-0.25, -0.2) is 0 Å². The number of ketones is 1. The number of methoxy groups -OCH3 is 1. The van der Waals surface area contributed by atoms with E-state index in [1.807, 2.05) is 31.2 Å². The molecular formula is C26H30N2O5. The fraction of sp³-hybridized carbons (Fsp3) is 0.385. The van der Waals surface area contributed by atoms with Crippen LogP contribution < -0.4 is 4.74 Å². The van der Waals surface area contributed by atoms with Crippen molar-refractivity contribution in [3.63, 3.8) is 0 Å². The number of aryl methyl sites for hydroxylation is 1. The largest absolute Gasteiger partial charge is 0.507 e. The number of benzene rings is 2. The van der Waals surface area contributed by atoms with E-state index in [2.05, 4.69) is 4.90 Å². The van der Waals surface area contributed by atoms with Crippen LogP contribution in [0, 0.1) is 6.92 Å². The second kappa shape index (κ2) is 10.2. The van der Waals surface area contributed by atoms with Crippen LogP contribution in [-0.2, 0) is 14.3 Å². The Kier molecular flexibility index (Phi) is 7.11. The first-order chi connectivity index (χ1) is 16.0. The minimum Gasteiger partial charge on any atom is -0.507 e. The zero-order chi connectivity index (χ0) is 23.4. The van der Waals surface area contributed by atoms with Gasteiger partial charge in [-0.1, -0.05) is 29.8 Å². The van der Waals surface area contributed by atoms with E-state index in [9.17, 15) is 14.7 Å². The molecular weight excluding hydrogens is 420 g/mol. The number of morpholine rings is 1. The summed E-state index contributed by atoms with van der Waals surface area (Å²) in [6, 6.07) is 13.9. The number of hydrogen-bond acceptors (Lipinski definition) is 6. The standard InChI is InChI=1S/C26H30N2O5/c1-18-4-6-19(7-5-18)23-22(24(29)20-8-10-21(32-2)11-9-20)25(30)26(31)28(23)13-3-12-27-14-16-33-17-15-27/h4-11,23,29H,3,12-17H2,1-2H3/b24-22+/t23-/m1/s1. The molecule has 2 aromatic carbocycles. The lowest BCUT2D eigenvalue weighted by atomic mass is 9.94.